The molecule has 0 unspecified atom stereocenters. The number of anilines is 2. The maximum atomic E-state index is 13.6. The summed E-state index contributed by atoms with van der Waals surface area (Å²) < 4.78 is 19.0. The molecular weight excluding hydrogens is 512 g/mol. The van der Waals surface area contributed by atoms with Crippen LogP contribution in [0.3, 0.4) is 0 Å². The smallest absolute Gasteiger partial charge is 0.335 e. The molecule has 3 aromatic rings. The number of rotatable bonds is 6. The van der Waals surface area contributed by atoms with Crippen LogP contribution >= 0.6 is 23.2 Å². The topological polar surface area (TPSA) is 105 Å². The number of carbonyl (C=O) groups is 4. The summed E-state index contributed by atoms with van der Waals surface area (Å²) in [6.07, 6.45) is 1.31. The molecule has 1 aliphatic heterocycles. The van der Waals surface area contributed by atoms with Gasteiger partial charge in [0.05, 0.1) is 21.4 Å². The molecule has 1 aliphatic rings. The van der Waals surface area contributed by atoms with Crippen LogP contribution in [0.1, 0.15) is 5.56 Å². The maximum Gasteiger partial charge on any atom is 0.335 e. The van der Waals surface area contributed by atoms with E-state index >= 15 is 0 Å². The van der Waals surface area contributed by atoms with E-state index in [1.54, 1.807) is 18.2 Å². The van der Waals surface area contributed by atoms with Crippen molar-refractivity contribution in [3.8, 4) is 5.75 Å². The standard InChI is InChI=1S/C25H16Cl2FN3O5/c26-18-10-7-15(12-19(18)27)31-24(34)17(23(33)30-25(31)35)11-14-5-8-16(9-6-14)36-13-22(32)29-21-4-2-1-3-20(21)28/h1-12H,13H2,(H,29,32)(H,30,33,35)/b17-11-. The highest BCUT2D eigenvalue weighted by Gasteiger charge is 2.37. The molecule has 0 saturated carbocycles. The lowest BCUT2D eigenvalue weighted by Gasteiger charge is -2.26. The fraction of sp³-hybridized carbons (Fsp3) is 0.0400. The third kappa shape index (κ3) is 5.54. The Morgan fingerprint density at radius 2 is 1.72 bits per heavy atom. The molecule has 8 nitrogen and oxygen atoms in total. The summed E-state index contributed by atoms with van der Waals surface area (Å²) in [5, 5.41) is 4.90. The number of halogens is 3. The van der Waals surface area contributed by atoms with Gasteiger partial charge in [0.25, 0.3) is 17.7 Å². The molecule has 1 saturated heterocycles. The van der Waals surface area contributed by atoms with Crippen molar-refractivity contribution >= 4 is 64.4 Å². The average molecular weight is 528 g/mol. The molecule has 1 heterocycles. The van der Waals surface area contributed by atoms with Crippen LogP contribution < -0.4 is 20.3 Å². The van der Waals surface area contributed by atoms with Crippen molar-refractivity contribution in [2.45, 2.75) is 0 Å². The lowest BCUT2D eigenvalue weighted by atomic mass is 10.1. The van der Waals surface area contributed by atoms with Gasteiger partial charge < -0.3 is 10.1 Å². The van der Waals surface area contributed by atoms with E-state index in [2.05, 4.69) is 10.6 Å². The van der Waals surface area contributed by atoms with Gasteiger partial charge in [-0.25, -0.2) is 14.1 Å². The number of nitrogens with zero attached hydrogens (tertiary/aromatic N) is 1. The first-order valence-corrected chi connectivity index (χ1v) is 11.1. The zero-order chi connectivity index (χ0) is 25.8. The first-order chi connectivity index (χ1) is 17.2. The summed E-state index contributed by atoms with van der Waals surface area (Å²) in [7, 11) is 0. The molecule has 3 aromatic carbocycles. The largest absolute Gasteiger partial charge is 0.484 e. The summed E-state index contributed by atoms with van der Waals surface area (Å²) in [6.45, 7) is -0.365. The fourth-order valence-electron chi connectivity index (χ4n) is 3.24. The van der Waals surface area contributed by atoms with E-state index < -0.39 is 29.6 Å². The van der Waals surface area contributed by atoms with Crippen LogP contribution in [0.25, 0.3) is 6.08 Å². The number of para-hydroxylation sites is 1. The highest BCUT2D eigenvalue weighted by atomic mass is 35.5. The molecule has 36 heavy (non-hydrogen) atoms. The molecule has 0 aromatic heterocycles. The zero-order valence-electron chi connectivity index (χ0n) is 18.3. The fourth-order valence-corrected chi connectivity index (χ4v) is 3.53. The van der Waals surface area contributed by atoms with Crippen LogP contribution in [0.15, 0.2) is 72.3 Å². The van der Waals surface area contributed by atoms with E-state index in [1.807, 2.05) is 0 Å². The number of urea groups is 1. The predicted molar refractivity (Wildman–Crippen MR) is 132 cm³/mol. The van der Waals surface area contributed by atoms with E-state index in [9.17, 15) is 23.6 Å². The number of carbonyl (C=O) groups excluding carboxylic acids is 4. The van der Waals surface area contributed by atoms with E-state index in [0.29, 0.717) is 11.3 Å². The van der Waals surface area contributed by atoms with Crippen molar-refractivity contribution < 1.29 is 28.3 Å². The van der Waals surface area contributed by atoms with Crippen molar-refractivity contribution in [2.24, 2.45) is 0 Å². The van der Waals surface area contributed by atoms with Gasteiger partial charge in [0.1, 0.15) is 17.1 Å². The van der Waals surface area contributed by atoms with Crippen LogP contribution in [0.2, 0.25) is 10.0 Å². The van der Waals surface area contributed by atoms with Gasteiger partial charge in [0, 0.05) is 0 Å². The van der Waals surface area contributed by atoms with Crippen LogP contribution in [0.5, 0.6) is 5.75 Å². The highest BCUT2D eigenvalue weighted by molar-refractivity contribution is 6.43. The normalized spacial score (nSPS) is 14.6. The maximum absolute atomic E-state index is 13.6. The molecule has 4 rings (SSSR count). The van der Waals surface area contributed by atoms with E-state index in [1.165, 1.54) is 54.6 Å². The monoisotopic (exact) mass is 527 g/mol. The van der Waals surface area contributed by atoms with Gasteiger partial charge in [0.2, 0.25) is 0 Å². The van der Waals surface area contributed by atoms with Crippen LogP contribution in [0, 0.1) is 5.82 Å². The third-order valence-corrected chi connectivity index (χ3v) is 5.71. The number of barbiturate groups is 1. The molecule has 1 fully saturated rings. The number of amides is 5. The number of ether oxygens (including phenoxy) is 1. The molecule has 11 heteroatoms. The lowest BCUT2D eigenvalue weighted by molar-refractivity contribution is -0.122. The summed E-state index contributed by atoms with van der Waals surface area (Å²) in [6, 6.07) is 15.2. The highest BCUT2D eigenvalue weighted by Crippen LogP contribution is 2.29. The molecule has 0 atom stereocenters. The van der Waals surface area contributed by atoms with Gasteiger partial charge in [-0.2, -0.15) is 0 Å². The molecular formula is C25H16Cl2FN3O5. The Morgan fingerprint density at radius 1 is 1.00 bits per heavy atom. The van der Waals surface area contributed by atoms with Crippen molar-refractivity contribution in [3.63, 3.8) is 0 Å². The second-order valence-electron chi connectivity index (χ2n) is 7.44. The number of imide groups is 2. The Morgan fingerprint density at radius 3 is 2.42 bits per heavy atom. The Kier molecular flexibility index (Phi) is 7.33. The minimum Gasteiger partial charge on any atom is -0.484 e. The van der Waals surface area contributed by atoms with Gasteiger partial charge in [-0.15, -0.1) is 0 Å². The Bertz CT molecular complexity index is 1410. The Balaban J connectivity index is 1.45. The SMILES string of the molecule is O=C(COc1ccc(/C=C2/C(=O)NC(=O)N(c3ccc(Cl)c(Cl)c3)C2=O)cc1)Nc1ccccc1F. The zero-order valence-corrected chi connectivity index (χ0v) is 19.8. The van der Waals surface area contributed by atoms with Gasteiger partial charge in [-0.3, -0.25) is 19.7 Å². The molecule has 0 radical (unpaired) electrons. The molecule has 5 amide bonds. The van der Waals surface area contributed by atoms with Gasteiger partial charge >= 0.3 is 6.03 Å². The number of hydrogen-bond donors (Lipinski definition) is 2. The number of benzene rings is 3. The minimum atomic E-state index is -0.919. The Hall–Kier alpha value is -4.21. The molecule has 0 spiro atoms. The summed E-state index contributed by atoms with van der Waals surface area (Å²) in [5.41, 5.74) is 0.360. The van der Waals surface area contributed by atoms with Gasteiger partial charge in [-0.1, -0.05) is 47.5 Å². The third-order valence-electron chi connectivity index (χ3n) is 4.97. The summed E-state index contributed by atoms with van der Waals surface area (Å²) in [4.78, 5) is 50.4. The molecule has 0 bridgehead atoms. The summed E-state index contributed by atoms with van der Waals surface area (Å²) >= 11 is 11.9. The molecule has 182 valence electrons. The van der Waals surface area contributed by atoms with Crippen LogP contribution in [-0.2, 0) is 14.4 Å². The van der Waals surface area contributed by atoms with E-state index in [-0.39, 0.29) is 33.6 Å². The number of hydrogen-bond acceptors (Lipinski definition) is 5. The second-order valence-corrected chi connectivity index (χ2v) is 8.26. The van der Waals surface area contributed by atoms with Crippen molar-refractivity contribution in [2.75, 3.05) is 16.8 Å². The average Bonchev–Trinajstić information content (AvgIpc) is 2.85. The van der Waals surface area contributed by atoms with E-state index in [4.69, 9.17) is 27.9 Å². The van der Waals surface area contributed by atoms with Crippen molar-refractivity contribution in [1.29, 1.82) is 0 Å². The molecule has 0 aliphatic carbocycles. The van der Waals surface area contributed by atoms with Crippen LogP contribution in [0.4, 0.5) is 20.6 Å². The van der Waals surface area contributed by atoms with Gasteiger partial charge in [0.15, 0.2) is 6.61 Å². The van der Waals surface area contributed by atoms with E-state index in [0.717, 1.165) is 4.90 Å². The number of nitrogens with one attached hydrogen (secondary N) is 2. The molecule has 2 N–H and O–H groups in total. The Labute approximate surface area is 214 Å². The first kappa shape index (κ1) is 24.9. The minimum absolute atomic E-state index is 0.0388. The van der Waals surface area contributed by atoms with Crippen LogP contribution in [-0.4, -0.2) is 30.4 Å². The first-order valence-electron chi connectivity index (χ1n) is 10.4. The van der Waals surface area contributed by atoms with Crippen molar-refractivity contribution in [1.82, 2.24) is 5.32 Å². The second kappa shape index (κ2) is 10.6. The van der Waals surface area contributed by atoms with Crippen molar-refractivity contribution in [3.05, 3.63) is 93.7 Å². The summed E-state index contributed by atoms with van der Waals surface area (Å²) in [5.74, 6) is -2.49. The lowest BCUT2D eigenvalue weighted by Crippen LogP contribution is -2.54. The van der Waals surface area contributed by atoms with Gasteiger partial charge in [-0.05, 0) is 54.1 Å². The quantitative estimate of drug-likeness (QED) is 0.353. The predicted octanol–water partition coefficient (Wildman–Crippen LogP) is 4.82.